The van der Waals surface area contributed by atoms with Crippen molar-refractivity contribution in [1.29, 1.82) is 0 Å². The van der Waals surface area contributed by atoms with E-state index in [4.69, 9.17) is 0 Å². The third-order valence-corrected chi connectivity index (χ3v) is 2.07. The summed E-state index contributed by atoms with van der Waals surface area (Å²) in [5.41, 5.74) is -0.980. The highest BCUT2D eigenvalue weighted by atomic mass is 19.1. The van der Waals surface area contributed by atoms with E-state index in [2.05, 4.69) is 15.5 Å². The highest BCUT2D eigenvalue weighted by Crippen LogP contribution is 2.39. The zero-order chi connectivity index (χ0) is 8.60. The summed E-state index contributed by atoms with van der Waals surface area (Å²) in [7, 11) is 1.82. The molecule has 1 aliphatic rings. The van der Waals surface area contributed by atoms with Crippen molar-refractivity contribution in [2.24, 2.45) is 7.05 Å². The highest BCUT2D eigenvalue weighted by Gasteiger charge is 2.43. The van der Waals surface area contributed by atoms with Gasteiger partial charge >= 0.3 is 0 Å². The molecule has 4 nitrogen and oxygen atoms in total. The van der Waals surface area contributed by atoms with E-state index in [-0.39, 0.29) is 0 Å². The van der Waals surface area contributed by atoms with Gasteiger partial charge in [-0.3, -0.25) is 0 Å². The minimum absolute atomic E-state index is 0.347. The van der Waals surface area contributed by atoms with Crippen LogP contribution in [0.3, 0.4) is 0 Å². The second-order valence-electron chi connectivity index (χ2n) is 3.27. The van der Waals surface area contributed by atoms with Gasteiger partial charge in [0.25, 0.3) is 0 Å². The maximum absolute atomic E-state index is 13.1. The molecule has 0 bridgehead atoms. The number of alkyl halides is 1. The van der Waals surface area contributed by atoms with Gasteiger partial charge in [-0.2, -0.15) is 0 Å². The fraction of sp³-hybridized carbons (Fsp3) is 0.714. The Kier molecular flexibility index (Phi) is 1.52. The van der Waals surface area contributed by atoms with Gasteiger partial charge in [0.2, 0.25) is 5.95 Å². The zero-order valence-electron chi connectivity index (χ0n) is 6.92. The summed E-state index contributed by atoms with van der Waals surface area (Å²) < 4.78 is 14.8. The lowest BCUT2D eigenvalue weighted by molar-refractivity contribution is 0.326. The third-order valence-electron chi connectivity index (χ3n) is 2.07. The molecule has 5 heteroatoms. The molecular weight excluding hydrogens is 159 g/mol. The highest BCUT2D eigenvalue weighted by molar-refractivity contribution is 5.25. The van der Waals surface area contributed by atoms with Crippen LogP contribution in [0.5, 0.6) is 0 Å². The molecule has 1 saturated carbocycles. The molecule has 0 radical (unpaired) electrons. The minimum Gasteiger partial charge on any atom is -0.351 e. The Hall–Kier alpha value is -1.13. The molecule has 1 N–H and O–H groups in total. The minimum atomic E-state index is -0.980. The molecule has 0 saturated heterocycles. The molecule has 0 aromatic carbocycles. The molecule has 0 amide bonds. The van der Waals surface area contributed by atoms with Crippen LogP contribution < -0.4 is 5.32 Å². The SMILES string of the molecule is Cn1cnnc1NCC1(F)CC1. The predicted octanol–water partition coefficient (Wildman–Crippen LogP) is 0.729. The average Bonchev–Trinajstić information content (AvgIpc) is 2.61. The van der Waals surface area contributed by atoms with E-state index >= 15 is 0 Å². The fourth-order valence-electron chi connectivity index (χ4n) is 0.993. The van der Waals surface area contributed by atoms with Gasteiger partial charge in [-0.15, -0.1) is 10.2 Å². The van der Waals surface area contributed by atoms with E-state index in [1.165, 1.54) is 0 Å². The van der Waals surface area contributed by atoms with Gasteiger partial charge in [0, 0.05) is 7.05 Å². The first-order valence-electron chi connectivity index (χ1n) is 3.96. The fourth-order valence-corrected chi connectivity index (χ4v) is 0.993. The Morgan fingerprint density at radius 1 is 1.75 bits per heavy atom. The lowest BCUT2D eigenvalue weighted by atomic mass is 10.4. The average molecular weight is 170 g/mol. The number of aryl methyl sites for hydroxylation is 1. The number of halogens is 1. The van der Waals surface area contributed by atoms with Gasteiger partial charge < -0.3 is 9.88 Å². The van der Waals surface area contributed by atoms with Crippen LogP contribution >= 0.6 is 0 Å². The molecule has 1 heterocycles. The summed E-state index contributed by atoms with van der Waals surface area (Å²) in [6.07, 6.45) is 2.91. The second-order valence-corrected chi connectivity index (χ2v) is 3.27. The predicted molar refractivity (Wildman–Crippen MR) is 42.6 cm³/mol. The van der Waals surface area contributed by atoms with Crippen molar-refractivity contribution in [3.05, 3.63) is 6.33 Å². The van der Waals surface area contributed by atoms with Crippen LogP contribution in [-0.2, 0) is 7.05 Å². The summed E-state index contributed by atoms with van der Waals surface area (Å²) in [4.78, 5) is 0. The van der Waals surface area contributed by atoms with E-state index in [9.17, 15) is 4.39 Å². The maximum atomic E-state index is 13.1. The molecule has 0 atom stereocenters. The van der Waals surface area contributed by atoms with Crippen LogP contribution in [0.15, 0.2) is 6.33 Å². The van der Waals surface area contributed by atoms with E-state index in [1.54, 1.807) is 10.9 Å². The lowest BCUT2D eigenvalue weighted by Crippen LogP contribution is -2.17. The van der Waals surface area contributed by atoms with Crippen LogP contribution in [-0.4, -0.2) is 27.0 Å². The van der Waals surface area contributed by atoms with Gasteiger partial charge in [-0.1, -0.05) is 0 Å². The zero-order valence-corrected chi connectivity index (χ0v) is 6.92. The van der Waals surface area contributed by atoms with Crippen molar-refractivity contribution in [2.45, 2.75) is 18.5 Å². The summed E-state index contributed by atoms with van der Waals surface area (Å²) in [6.45, 7) is 0.347. The summed E-state index contributed by atoms with van der Waals surface area (Å²) in [6, 6.07) is 0. The first kappa shape index (κ1) is 7.52. The number of nitrogens with zero attached hydrogens (tertiary/aromatic N) is 3. The van der Waals surface area contributed by atoms with Crippen molar-refractivity contribution in [1.82, 2.24) is 14.8 Å². The molecule has 0 aliphatic heterocycles. The van der Waals surface area contributed by atoms with Crippen molar-refractivity contribution in [3.63, 3.8) is 0 Å². The molecule has 1 fully saturated rings. The topological polar surface area (TPSA) is 42.7 Å². The van der Waals surface area contributed by atoms with Gasteiger partial charge in [0.05, 0.1) is 6.54 Å². The standard InChI is InChI=1S/C7H11FN4/c1-12-5-10-11-6(12)9-4-7(8)2-3-7/h5H,2-4H2,1H3,(H,9,11). The van der Waals surface area contributed by atoms with Crippen LogP contribution in [0, 0.1) is 0 Å². The van der Waals surface area contributed by atoms with E-state index in [0.717, 1.165) is 0 Å². The van der Waals surface area contributed by atoms with Crippen molar-refractivity contribution in [3.8, 4) is 0 Å². The summed E-state index contributed by atoms with van der Waals surface area (Å²) >= 11 is 0. The van der Waals surface area contributed by atoms with Crippen molar-refractivity contribution < 1.29 is 4.39 Å². The first-order chi connectivity index (χ1) is 5.70. The van der Waals surface area contributed by atoms with E-state index < -0.39 is 5.67 Å². The summed E-state index contributed by atoms with van der Waals surface area (Å²) in [5.74, 6) is 0.624. The van der Waals surface area contributed by atoms with E-state index in [1.807, 2.05) is 7.05 Å². The quantitative estimate of drug-likeness (QED) is 0.727. The molecule has 1 aromatic heterocycles. The molecule has 0 unspecified atom stereocenters. The number of hydrogen-bond acceptors (Lipinski definition) is 3. The molecule has 2 rings (SSSR count). The molecular formula is C7H11FN4. The molecule has 0 spiro atoms. The number of aromatic nitrogens is 3. The smallest absolute Gasteiger partial charge is 0.224 e. The van der Waals surface area contributed by atoms with Crippen LogP contribution in [0.2, 0.25) is 0 Å². The lowest BCUT2D eigenvalue weighted by Gasteiger charge is -2.06. The first-order valence-corrected chi connectivity index (χ1v) is 3.96. The monoisotopic (exact) mass is 170 g/mol. The normalized spacial score (nSPS) is 19.2. The number of nitrogens with one attached hydrogen (secondary N) is 1. The van der Waals surface area contributed by atoms with Crippen molar-refractivity contribution >= 4 is 5.95 Å². The van der Waals surface area contributed by atoms with Gasteiger partial charge in [-0.05, 0) is 12.8 Å². The maximum Gasteiger partial charge on any atom is 0.224 e. The van der Waals surface area contributed by atoms with Gasteiger partial charge in [0.1, 0.15) is 12.0 Å². The molecule has 12 heavy (non-hydrogen) atoms. The summed E-state index contributed by atoms with van der Waals surface area (Å²) in [5, 5.41) is 10.4. The van der Waals surface area contributed by atoms with Crippen molar-refractivity contribution in [2.75, 3.05) is 11.9 Å². The van der Waals surface area contributed by atoms with Crippen LogP contribution in [0.1, 0.15) is 12.8 Å². The number of anilines is 1. The molecule has 1 aliphatic carbocycles. The number of hydrogen-bond donors (Lipinski definition) is 1. The Labute approximate surface area is 69.8 Å². The largest absolute Gasteiger partial charge is 0.351 e. The Morgan fingerprint density at radius 2 is 2.50 bits per heavy atom. The van der Waals surface area contributed by atoms with Crippen LogP contribution in [0.25, 0.3) is 0 Å². The Bertz CT molecular complexity index is 279. The van der Waals surface area contributed by atoms with Gasteiger partial charge in [0.15, 0.2) is 0 Å². The Morgan fingerprint density at radius 3 is 3.00 bits per heavy atom. The molecule has 66 valence electrons. The van der Waals surface area contributed by atoms with Crippen LogP contribution in [0.4, 0.5) is 10.3 Å². The second kappa shape index (κ2) is 2.43. The Balaban J connectivity index is 1.91. The van der Waals surface area contributed by atoms with E-state index in [0.29, 0.717) is 25.3 Å². The van der Waals surface area contributed by atoms with Gasteiger partial charge in [-0.25, -0.2) is 4.39 Å². The third kappa shape index (κ3) is 1.39. The molecule has 1 aromatic rings. The number of rotatable bonds is 3.